The maximum Gasteiger partial charge on any atom is 0.255 e. The molecule has 0 saturated heterocycles. The monoisotopic (exact) mass is 480 g/mol. The van der Waals surface area contributed by atoms with Gasteiger partial charge < -0.3 is 15.5 Å². The van der Waals surface area contributed by atoms with Gasteiger partial charge in [0.05, 0.1) is 0 Å². The quantitative estimate of drug-likeness (QED) is 0.672. The number of nitrogens with zero attached hydrogens (tertiary/aromatic N) is 2. The molecule has 0 saturated carbocycles. The van der Waals surface area contributed by atoms with E-state index in [4.69, 9.17) is 0 Å². The Morgan fingerprint density at radius 2 is 1.90 bits per heavy atom. The summed E-state index contributed by atoms with van der Waals surface area (Å²) >= 11 is 3.36. The van der Waals surface area contributed by atoms with Crippen LogP contribution in [0.4, 0.5) is 11.5 Å². The molecule has 1 aliphatic heterocycles. The minimum Gasteiger partial charge on any atom is -0.378 e. The average molecular weight is 481 g/mol. The summed E-state index contributed by atoms with van der Waals surface area (Å²) < 4.78 is 0.835. The summed E-state index contributed by atoms with van der Waals surface area (Å²) in [5, 5.41) is 6.24. The lowest BCUT2D eigenvalue weighted by molar-refractivity contribution is -0.116. The molecule has 0 fully saturated rings. The van der Waals surface area contributed by atoms with Crippen molar-refractivity contribution in [3.63, 3.8) is 0 Å². The summed E-state index contributed by atoms with van der Waals surface area (Å²) in [4.78, 5) is 32.7. The molecule has 1 aromatic heterocycles. The zero-order chi connectivity index (χ0) is 22.1. The van der Waals surface area contributed by atoms with Gasteiger partial charge in [0.2, 0.25) is 0 Å². The van der Waals surface area contributed by atoms with E-state index in [2.05, 4.69) is 31.5 Å². The van der Waals surface area contributed by atoms with Crippen molar-refractivity contribution in [3.8, 4) is 0 Å². The van der Waals surface area contributed by atoms with Gasteiger partial charge in [-0.05, 0) is 65.5 Å². The van der Waals surface area contributed by atoms with Crippen LogP contribution in [0.25, 0.3) is 0 Å². The highest BCUT2D eigenvalue weighted by Gasteiger charge is 2.38. The first kappa shape index (κ1) is 21.3. The molecule has 0 spiro atoms. The molecule has 31 heavy (non-hydrogen) atoms. The number of nitrogens with one attached hydrogen (secondary N) is 2. The third-order valence-corrected chi connectivity index (χ3v) is 6.20. The first-order valence-corrected chi connectivity index (χ1v) is 11.1. The Balaban J connectivity index is 1.76. The predicted octanol–water partition coefficient (Wildman–Crippen LogP) is 4.52. The van der Waals surface area contributed by atoms with Crippen molar-refractivity contribution in [1.82, 2.24) is 10.3 Å². The number of halogens is 1. The Labute approximate surface area is 190 Å². The van der Waals surface area contributed by atoms with Crippen LogP contribution in [-0.2, 0) is 9.59 Å². The topological polar surface area (TPSA) is 74.3 Å². The number of carbonyl (C=O) groups is 2. The molecular formula is C24H25BrN4O2. The zero-order valence-electron chi connectivity index (χ0n) is 17.8. The van der Waals surface area contributed by atoms with Gasteiger partial charge in [-0.15, -0.1) is 0 Å². The second-order valence-corrected chi connectivity index (χ2v) is 8.98. The molecule has 4 rings (SSSR count). The highest BCUT2D eigenvalue weighted by Crippen LogP contribution is 2.42. The smallest absolute Gasteiger partial charge is 0.255 e. The first-order valence-electron chi connectivity index (χ1n) is 10.3. The lowest BCUT2D eigenvalue weighted by atomic mass is 9.75. The highest BCUT2D eigenvalue weighted by molar-refractivity contribution is 9.10. The van der Waals surface area contributed by atoms with Gasteiger partial charge in [-0.3, -0.25) is 9.59 Å². The SMILES string of the molecule is CC1=C(C(=O)Nc2ccc(Br)cn2)[C@H](c2ccc(N(C)C)cc2)C2=C(CCCC2=O)N1. The van der Waals surface area contributed by atoms with Crippen LogP contribution in [0.5, 0.6) is 0 Å². The highest BCUT2D eigenvalue weighted by atomic mass is 79.9. The molecule has 0 unspecified atom stereocenters. The van der Waals surface area contributed by atoms with E-state index in [0.717, 1.165) is 40.0 Å². The number of allylic oxidation sites excluding steroid dienone is 3. The number of anilines is 2. The fraction of sp³-hybridized carbons (Fsp3) is 0.292. The minimum atomic E-state index is -0.407. The van der Waals surface area contributed by atoms with Gasteiger partial charge in [-0.1, -0.05) is 12.1 Å². The van der Waals surface area contributed by atoms with Gasteiger partial charge in [0, 0.05) is 65.3 Å². The number of Topliss-reactive ketones (excluding diaryl/α,β-unsaturated/α-hetero) is 1. The predicted molar refractivity (Wildman–Crippen MR) is 126 cm³/mol. The number of carbonyl (C=O) groups excluding carboxylic acids is 2. The van der Waals surface area contributed by atoms with Gasteiger partial charge in [-0.25, -0.2) is 4.98 Å². The lowest BCUT2D eigenvalue weighted by Crippen LogP contribution is -2.35. The molecule has 160 valence electrons. The second-order valence-electron chi connectivity index (χ2n) is 8.07. The van der Waals surface area contributed by atoms with Crippen LogP contribution in [0.1, 0.15) is 37.7 Å². The molecule has 2 aliphatic rings. The third-order valence-electron chi connectivity index (χ3n) is 5.73. The van der Waals surface area contributed by atoms with E-state index in [1.807, 2.05) is 56.3 Å². The fourth-order valence-electron chi connectivity index (χ4n) is 4.22. The Kier molecular flexibility index (Phi) is 5.96. The summed E-state index contributed by atoms with van der Waals surface area (Å²) in [6.45, 7) is 1.90. The van der Waals surface area contributed by atoms with Crippen molar-refractivity contribution in [2.75, 3.05) is 24.3 Å². The molecule has 7 heteroatoms. The summed E-state index contributed by atoms with van der Waals surface area (Å²) in [5.74, 6) is -0.0953. The van der Waals surface area contributed by atoms with Crippen molar-refractivity contribution < 1.29 is 9.59 Å². The van der Waals surface area contributed by atoms with Gasteiger partial charge in [0.1, 0.15) is 5.82 Å². The van der Waals surface area contributed by atoms with Crippen molar-refractivity contribution in [3.05, 3.63) is 75.2 Å². The van der Waals surface area contributed by atoms with E-state index >= 15 is 0 Å². The van der Waals surface area contributed by atoms with E-state index in [1.165, 1.54) is 0 Å². The largest absolute Gasteiger partial charge is 0.378 e. The Morgan fingerprint density at radius 3 is 2.55 bits per heavy atom. The zero-order valence-corrected chi connectivity index (χ0v) is 19.4. The second kappa shape index (κ2) is 8.67. The van der Waals surface area contributed by atoms with Crippen LogP contribution in [0.15, 0.2) is 69.6 Å². The normalized spacial score (nSPS) is 18.5. The van der Waals surface area contributed by atoms with Crippen LogP contribution in [0, 0.1) is 0 Å². The number of hydrogen-bond acceptors (Lipinski definition) is 5. The van der Waals surface area contributed by atoms with Crippen molar-refractivity contribution in [1.29, 1.82) is 0 Å². The number of benzene rings is 1. The summed E-state index contributed by atoms with van der Waals surface area (Å²) in [6, 6.07) is 11.6. The summed E-state index contributed by atoms with van der Waals surface area (Å²) in [7, 11) is 3.97. The van der Waals surface area contributed by atoms with Crippen molar-refractivity contribution in [2.45, 2.75) is 32.1 Å². The number of hydrogen-bond donors (Lipinski definition) is 2. The molecule has 1 aliphatic carbocycles. The number of aromatic nitrogens is 1. The van der Waals surface area contributed by atoms with Crippen LogP contribution < -0.4 is 15.5 Å². The van der Waals surface area contributed by atoms with Crippen molar-refractivity contribution in [2.24, 2.45) is 0 Å². The maximum absolute atomic E-state index is 13.4. The van der Waals surface area contributed by atoms with Crippen molar-refractivity contribution >= 4 is 39.1 Å². The third kappa shape index (κ3) is 4.28. The molecule has 6 nitrogen and oxygen atoms in total. The molecule has 2 aromatic rings. The van der Waals surface area contributed by atoms with E-state index in [0.29, 0.717) is 23.4 Å². The van der Waals surface area contributed by atoms with Crippen LogP contribution in [-0.4, -0.2) is 30.8 Å². The molecule has 0 bridgehead atoms. The molecule has 1 atom stereocenters. The first-order chi connectivity index (χ1) is 14.8. The van der Waals surface area contributed by atoms with E-state index in [9.17, 15) is 9.59 Å². The minimum absolute atomic E-state index is 0.106. The van der Waals surface area contributed by atoms with Crippen LogP contribution >= 0.6 is 15.9 Å². The lowest BCUT2D eigenvalue weighted by Gasteiger charge is -2.34. The number of pyridine rings is 1. The summed E-state index contributed by atoms with van der Waals surface area (Å²) in [6.07, 6.45) is 3.79. The number of dihydropyridines is 1. The maximum atomic E-state index is 13.4. The summed E-state index contributed by atoms with van der Waals surface area (Å²) in [5.41, 5.74) is 4.97. The number of ketones is 1. The Bertz CT molecular complexity index is 1090. The molecule has 1 amide bonds. The van der Waals surface area contributed by atoms with E-state index in [1.54, 1.807) is 12.3 Å². The van der Waals surface area contributed by atoms with Gasteiger partial charge >= 0.3 is 0 Å². The van der Waals surface area contributed by atoms with Gasteiger partial charge in [-0.2, -0.15) is 0 Å². The van der Waals surface area contributed by atoms with Crippen LogP contribution in [0.3, 0.4) is 0 Å². The van der Waals surface area contributed by atoms with Gasteiger partial charge in [0.15, 0.2) is 5.78 Å². The molecule has 2 heterocycles. The molecule has 0 radical (unpaired) electrons. The van der Waals surface area contributed by atoms with E-state index < -0.39 is 5.92 Å². The van der Waals surface area contributed by atoms with Crippen LogP contribution in [0.2, 0.25) is 0 Å². The molecule has 2 N–H and O–H groups in total. The molecular weight excluding hydrogens is 456 g/mol. The standard InChI is InChI=1S/C24H25BrN4O2/c1-14-21(24(31)28-20-12-9-16(25)13-26-20)22(15-7-10-17(11-8-15)29(2)3)23-18(27-14)5-4-6-19(23)30/h7-13,22,27H,4-6H2,1-3H3,(H,26,28,31)/t22-/m0/s1. The average Bonchev–Trinajstić information content (AvgIpc) is 2.74. The van der Waals surface area contributed by atoms with E-state index in [-0.39, 0.29) is 11.7 Å². The molecule has 1 aromatic carbocycles. The fourth-order valence-corrected chi connectivity index (χ4v) is 4.45. The van der Waals surface area contributed by atoms with Gasteiger partial charge in [0.25, 0.3) is 5.91 Å². The number of amides is 1. The Morgan fingerprint density at radius 1 is 1.16 bits per heavy atom. The Hall–Kier alpha value is -2.93. The number of rotatable bonds is 4.